The molecule has 0 amide bonds. The van der Waals surface area contributed by atoms with Gasteiger partial charge in [-0.05, 0) is 161 Å². The third kappa shape index (κ3) is 73.8. The van der Waals surface area contributed by atoms with Gasteiger partial charge in [0.15, 0.2) is 12.2 Å². The molecule has 0 saturated carbocycles. The highest BCUT2D eigenvalue weighted by atomic mass is 31.2. The maximum Gasteiger partial charge on any atom is 0.472 e. The fourth-order valence-electron chi connectivity index (χ4n) is 10.3. The van der Waals surface area contributed by atoms with Crippen LogP contribution < -0.4 is 0 Å². The normalized spacial score (nSPS) is 14.5. The second-order valence-electron chi connectivity index (χ2n) is 26.3. The van der Waals surface area contributed by atoms with E-state index in [9.17, 15) is 43.2 Å². The maximum atomic E-state index is 13.1. The van der Waals surface area contributed by atoms with Gasteiger partial charge in [-0.1, -0.05) is 258 Å². The standard InChI is InChI=1S/C83H142O17P2/c1-5-9-13-17-21-25-29-33-37-38-42-44-48-52-56-60-64-68-81(86)94-74-79(100-83(88)70-66-62-58-54-50-46-41-36-32-28-24-20-16-12-8-4)76-98-102(91,92)96-72-77(84)71-95-101(89,90)97-75-78(99-82(87)69-65-61-57-53-49-45-40-35-31-27-23-19-15-11-7-3)73-93-80(85)67-63-59-55-51-47-43-39-34-30-26-22-18-14-10-6-2/h9,13,21-28,33-37,39-42,44,77-79,84H,5-8,10-12,14-20,29-32,38,43,45-76H2,1-4H3,(H,89,90)(H,91,92). The lowest BCUT2D eigenvalue weighted by molar-refractivity contribution is -0.161. The van der Waals surface area contributed by atoms with Crippen LogP contribution in [-0.4, -0.2) is 96.7 Å². The van der Waals surface area contributed by atoms with Gasteiger partial charge in [0.1, 0.15) is 19.3 Å². The summed E-state index contributed by atoms with van der Waals surface area (Å²) in [6.07, 6.45) is 81.7. The zero-order valence-electron chi connectivity index (χ0n) is 64.0. The first kappa shape index (κ1) is 97.5. The van der Waals surface area contributed by atoms with Crippen molar-refractivity contribution < 1.29 is 80.2 Å². The number of hydrogen-bond acceptors (Lipinski definition) is 15. The fraction of sp³-hybridized carbons (Fsp3) is 0.711. The molecule has 586 valence electrons. The number of ether oxygens (including phenoxy) is 4. The Kier molecular flexibility index (Phi) is 71.4. The van der Waals surface area contributed by atoms with Crippen molar-refractivity contribution in [3.63, 3.8) is 0 Å². The fourth-order valence-corrected chi connectivity index (χ4v) is 11.9. The Morgan fingerprint density at radius 2 is 0.510 bits per heavy atom. The molecule has 17 nitrogen and oxygen atoms in total. The molecule has 5 atom stereocenters. The van der Waals surface area contributed by atoms with E-state index < -0.39 is 97.5 Å². The van der Waals surface area contributed by atoms with E-state index in [0.29, 0.717) is 25.7 Å². The van der Waals surface area contributed by atoms with Crippen molar-refractivity contribution in [2.75, 3.05) is 39.6 Å². The molecule has 0 rings (SSSR count). The molecule has 0 aliphatic rings. The number of hydrogen-bond donors (Lipinski definition) is 3. The predicted octanol–water partition coefficient (Wildman–Crippen LogP) is 23.1. The molecule has 5 unspecified atom stereocenters. The summed E-state index contributed by atoms with van der Waals surface area (Å²) in [7, 11) is -9.98. The van der Waals surface area contributed by atoms with Crippen LogP contribution in [0, 0.1) is 0 Å². The van der Waals surface area contributed by atoms with Gasteiger partial charge in [0.05, 0.1) is 26.4 Å². The first-order chi connectivity index (χ1) is 49.7. The first-order valence-corrected chi connectivity index (χ1v) is 42.8. The quantitative estimate of drug-likeness (QED) is 0.0169. The molecule has 0 heterocycles. The number of allylic oxidation sites excluding steroid dienone is 20. The van der Waals surface area contributed by atoms with E-state index in [1.54, 1.807) is 0 Å². The Labute approximate surface area is 619 Å². The number of phosphoric acid groups is 2. The zero-order valence-corrected chi connectivity index (χ0v) is 65.8. The Balaban J connectivity index is 5.42. The SMILES string of the molecule is CCC=CCC=CCC=CCC=CCCCCCCC(=O)OCC(COP(=O)(O)OCC(O)COP(=O)(O)OCC(COC(=O)CCCCCCCC=CCC=CCCCCC)OC(=O)CCCCCCCC=CCC=CCCCCC)OC(=O)CCCCCCCC=CCC=CCCCCC. The van der Waals surface area contributed by atoms with Crippen LogP contribution >= 0.6 is 15.6 Å². The monoisotopic (exact) mass is 1470 g/mol. The molecule has 3 N–H and O–H groups in total. The van der Waals surface area contributed by atoms with E-state index in [1.807, 2.05) is 0 Å². The number of carbonyl (C=O) groups excluding carboxylic acids is 4. The summed E-state index contributed by atoms with van der Waals surface area (Å²) < 4.78 is 68.6. The second-order valence-corrected chi connectivity index (χ2v) is 29.2. The van der Waals surface area contributed by atoms with E-state index in [-0.39, 0.29) is 25.7 Å². The Bertz CT molecular complexity index is 2410. The van der Waals surface area contributed by atoms with Crippen molar-refractivity contribution in [2.45, 2.75) is 341 Å². The van der Waals surface area contributed by atoms with E-state index in [0.717, 1.165) is 186 Å². The first-order valence-electron chi connectivity index (χ1n) is 39.8. The molecule has 0 fully saturated rings. The highest BCUT2D eigenvalue weighted by Gasteiger charge is 2.30. The van der Waals surface area contributed by atoms with Gasteiger partial charge in [-0.3, -0.25) is 37.3 Å². The molecular formula is C83H142O17P2. The summed E-state index contributed by atoms with van der Waals surface area (Å²) in [6.45, 7) is 4.62. The smallest absolute Gasteiger partial charge is 0.462 e. The highest BCUT2D eigenvalue weighted by Crippen LogP contribution is 2.45. The highest BCUT2D eigenvalue weighted by molar-refractivity contribution is 7.47. The number of unbranched alkanes of at least 4 members (excludes halogenated alkanes) is 28. The number of aliphatic hydroxyl groups excluding tert-OH is 1. The van der Waals surface area contributed by atoms with Gasteiger partial charge in [-0.2, -0.15) is 0 Å². The van der Waals surface area contributed by atoms with Gasteiger partial charge in [-0.25, -0.2) is 9.13 Å². The lowest BCUT2D eigenvalue weighted by atomic mass is 10.1. The second kappa shape index (κ2) is 74.7. The minimum Gasteiger partial charge on any atom is -0.462 e. The molecule has 0 spiro atoms. The molecule has 0 aromatic rings. The van der Waals surface area contributed by atoms with Crippen LogP contribution in [0.4, 0.5) is 0 Å². The number of phosphoric ester groups is 2. The van der Waals surface area contributed by atoms with Crippen molar-refractivity contribution in [2.24, 2.45) is 0 Å². The number of esters is 4. The van der Waals surface area contributed by atoms with Gasteiger partial charge in [0.25, 0.3) is 0 Å². The van der Waals surface area contributed by atoms with Crippen molar-refractivity contribution in [3.8, 4) is 0 Å². The average molecular weight is 1470 g/mol. The molecule has 102 heavy (non-hydrogen) atoms. The van der Waals surface area contributed by atoms with Crippen molar-refractivity contribution in [1.82, 2.24) is 0 Å². The summed E-state index contributed by atoms with van der Waals surface area (Å²) in [5.74, 6) is -2.24. The van der Waals surface area contributed by atoms with E-state index in [2.05, 4.69) is 149 Å². The van der Waals surface area contributed by atoms with Gasteiger partial charge in [0, 0.05) is 25.7 Å². The maximum absolute atomic E-state index is 13.1. The summed E-state index contributed by atoms with van der Waals surface area (Å²) in [5, 5.41) is 10.6. The van der Waals surface area contributed by atoms with Crippen molar-refractivity contribution in [1.29, 1.82) is 0 Å². The van der Waals surface area contributed by atoms with Crippen LogP contribution in [0.25, 0.3) is 0 Å². The molecule has 0 aliphatic heterocycles. The van der Waals surface area contributed by atoms with Crippen LogP contribution in [-0.2, 0) is 65.4 Å². The molecule has 0 aromatic heterocycles. The van der Waals surface area contributed by atoms with Gasteiger partial charge >= 0.3 is 39.5 Å². The molecule has 0 saturated heterocycles. The summed E-state index contributed by atoms with van der Waals surface area (Å²) in [4.78, 5) is 73.0. The topological polar surface area (TPSA) is 237 Å². The lowest BCUT2D eigenvalue weighted by Crippen LogP contribution is -2.30. The molecular weight excluding hydrogens is 1330 g/mol. The summed E-state index contributed by atoms with van der Waals surface area (Å²) in [6, 6.07) is 0. The number of aliphatic hydroxyl groups is 1. The van der Waals surface area contributed by atoms with Crippen LogP contribution in [0.15, 0.2) is 122 Å². The summed E-state index contributed by atoms with van der Waals surface area (Å²) >= 11 is 0. The van der Waals surface area contributed by atoms with Crippen LogP contribution in [0.1, 0.15) is 323 Å². The van der Waals surface area contributed by atoms with Crippen molar-refractivity contribution >= 4 is 39.5 Å². The number of rotatable bonds is 74. The van der Waals surface area contributed by atoms with E-state index >= 15 is 0 Å². The molecule has 0 radical (unpaired) electrons. The third-order valence-electron chi connectivity index (χ3n) is 16.4. The summed E-state index contributed by atoms with van der Waals surface area (Å²) in [5.41, 5.74) is 0. The molecule has 0 aliphatic carbocycles. The van der Waals surface area contributed by atoms with Crippen LogP contribution in [0.5, 0.6) is 0 Å². The predicted molar refractivity (Wildman–Crippen MR) is 418 cm³/mol. The Morgan fingerprint density at radius 3 is 0.784 bits per heavy atom. The van der Waals surface area contributed by atoms with Crippen LogP contribution in [0.3, 0.4) is 0 Å². The largest absolute Gasteiger partial charge is 0.472 e. The molecule has 0 bridgehead atoms. The molecule has 19 heteroatoms. The molecule has 0 aromatic carbocycles. The van der Waals surface area contributed by atoms with Gasteiger partial charge in [0.2, 0.25) is 0 Å². The number of carbonyl (C=O) groups is 4. The van der Waals surface area contributed by atoms with E-state index in [4.69, 9.17) is 37.0 Å². The van der Waals surface area contributed by atoms with Crippen molar-refractivity contribution in [3.05, 3.63) is 122 Å². The Morgan fingerprint density at radius 1 is 0.284 bits per heavy atom. The van der Waals surface area contributed by atoms with Gasteiger partial charge in [-0.15, -0.1) is 0 Å². The zero-order chi connectivity index (χ0) is 74.6. The third-order valence-corrected chi connectivity index (χ3v) is 18.3. The Hall–Kier alpha value is -4.54. The van der Waals surface area contributed by atoms with E-state index in [1.165, 1.54) is 57.8 Å². The average Bonchev–Trinajstić information content (AvgIpc) is 0.923. The van der Waals surface area contributed by atoms with Crippen LogP contribution in [0.2, 0.25) is 0 Å². The lowest BCUT2D eigenvalue weighted by Gasteiger charge is -2.21. The minimum absolute atomic E-state index is 0.0706. The minimum atomic E-state index is -4.99. The van der Waals surface area contributed by atoms with Gasteiger partial charge < -0.3 is 33.8 Å².